The Hall–Kier alpha value is -2.25. The molecule has 1 rings (SSSR count). The molecule has 2 amide bonds. The van der Waals surface area contributed by atoms with Crippen LogP contribution in [0.2, 0.25) is 0 Å². The highest BCUT2D eigenvalue weighted by molar-refractivity contribution is 6.08. The number of benzene rings is 1. The van der Waals surface area contributed by atoms with Crippen molar-refractivity contribution in [3.8, 4) is 0 Å². The minimum absolute atomic E-state index is 0.151. The lowest BCUT2D eigenvalue weighted by Gasteiger charge is -2.23. The molecule has 1 aromatic rings. The van der Waals surface area contributed by atoms with Gasteiger partial charge in [0.05, 0.1) is 27.1 Å². The number of hydrogen-bond donors (Lipinski definition) is 2. The highest BCUT2D eigenvalue weighted by Gasteiger charge is 2.23. The average Bonchev–Trinajstić information content (AvgIpc) is 2.49. The van der Waals surface area contributed by atoms with Crippen molar-refractivity contribution in [3.05, 3.63) is 30.3 Å². The molecule has 0 fully saturated rings. The van der Waals surface area contributed by atoms with Crippen LogP contribution < -0.4 is 10.7 Å². The zero-order valence-corrected chi connectivity index (χ0v) is 16.0. The van der Waals surface area contributed by atoms with E-state index in [1.165, 1.54) is 0 Å². The molecule has 0 saturated carbocycles. The highest BCUT2D eigenvalue weighted by Crippen LogP contribution is 2.10. The first-order chi connectivity index (χ1) is 11.6. The number of hydrazone groups is 1. The van der Waals surface area contributed by atoms with Gasteiger partial charge in [-0.05, 0) is 33.2 Å². The Kier molecular flexibility index (Phi) is 7.73. The summed E-state index contributed by atoms with van der Waals surface area (Å²) in [5.41, 5.74) is 3.85. The molecule has 7 nitrogen and oxygen atoms in total. The van der Waals surface area contributed by atoms with Crippen LogP contribution in [0.15, 0.2) is 35.4 Å². The monoisotopic (exact) mass is 348 g/mol. The van der Waals surface area contributed by atoms with Crippen molar-refractivity contribution in [2.24, 2.45) is 11.0 Å². The maximum atomic E-state index is 12.6. The molecule has 0 unspecified atom stereocenters. The van der Waals surface area contributed by atoms with Gasteiger partial charge in [0.2, 0.25) is 5.91 Å². The quantitative estimate of drug-likeness (QED) is 0.418. The van der Waals surface area contributed by atoms with Gasteiger partial charge in [-0.3, -0.25) is 9.59 Å². The van der Waals surface area contributed by atoms with E-state index >= 15 is 0 Å². The fourth-order valence-electron chi connectivity index (χ4n) is 2.22. The lowest BCUT2D eigenvalue weighted by atomic mass is 10.0. The summed E-state index contributed by atoms with van der Waals surface area (Å²) >= 11 is 0. The zero-order valence-electron chi connectivity index (χ0n) is 16.0. The smallest absolute Gasteiger partial charge is 0.295 e. The Bertz CT molecular complexity index is 606. The minimum atomic E-state index is -0.459. The van der Waals surface area contributed by atoms with Crippen molar-refractivity contribution in [2.75, 3.05) is 53.6 Å². The summed E-state index contributed by atoms with van der Waals surface area (Å²) in [6, 6.07) is 9.29. The summed E-state index contributed by atoms with van der Waals surface area (Å²) < 4.78 is 0.510. The summed E-state index contributed by atoms with van der Waals surface area (Å²) in [4.78, 5) is 26.5. The minimum Gasteiger partial charge on any atom is -0.325 e. The van der Waals surface area contributed by atoms with Crippen LogP contribution in [0.25, 0.3) is 0 Å². The molecule has 1 aromatic carbocycles. The predicted molar refractivity (Wildman–Crippen MR) is 101 cm³/mol. The highest BCUT2D eigenvalue weighted by atomic mass is 16.2. The van der Waals surface area contributed by atoms with Crippen molar-refractivity contribution in [2.45, 2.75) is 6.92 Å². The number of anilines is 1. The summed E-state index contributed by atoms with van der Waals surface area (Å²) in [6.07, 6.45) is 0. The first-order valence-electron chi connectivity index (χ1n) is 8.22. The molecule has 0 aliphatic heterocycles. The molecule has 0 saturated heterocycles. The average molecular weight is 348 g/mol. The van der Waals surface area contributed by atoms with E-state index in [1.807, 2.05) is 70.5 Å². The van der Waals surface area contributed by atoms with Crippen LogP contribution in [0.1, 0.15) is 6.92 Å². The van der Waals surface area contributed by atoms with E-state index in [0.29, 0.717) is 23.3 Å². The first kappa shape index (κ1) is 20.8. The van der Waals surface area contributed by atoms with Gasteiger partial charge >= 0.3 is 0 Å². The fourth-order valence-corrected chi connectivity index (χ4v) is 2.22. The van der Waals surface area contributed by atoms with Crippen molar-refractivity contribution in [1.29, 1.82) is 0 Å². The molecule has 2 N–H and O–H groups in total. The Morgan fingerprint density at radius 3 is 2.28 bits per heavy atom. The van der Waals surface area contributed by atoms with Gasteiger partial charge in [0.1, 0.15) is 0 Å². The van der Waals surface area contributed by atoms with Crippen molar-refractivity contribution in [3.63, 3.8) is 0 Å². The molecular weight excluding hydrogens is 318 g/mol. The number of carbonyl (C=O) groups is 2. The second kappa shape index (κ2) is 9.29. The zero-order chi connectivity index (χ0) is 19.0. The Balaban J connectivity index is 2.80. The molecule has 25 heavy (non-hydrogen) atoms. The summed E-state index contributed by atoms with van der Waals surface area (Å²) in [5, 5.41) is 7.04. The van der Waals surface area contributed by atoms with E-state index in [1.54, 1.807) is 6.92 Å². The third-order valence-electron chi connectivity index (χ3n) is 3.38. The van der Waals surface area contributed by atoms with E-state index in [9.17, 15) is 9.59 Å². The normalized spacial score (nSPS) is 13.5. The summed E-state index contributed by atoms with van der Waals surface area (Å²) in [7, 11) is 9.58. The number of nitrogens with zero attached hydrogens (tertiary/aromatic N) is 3. The largest absolute Gasteiger partial charge is 0.325 e. The Morgan fingerprint density at radius 2 is 1.76 bits per heavy atom. The maximum absolute atomic E-state index is 12.6. The van der Waals surface area contributed by atoms with Crippen molar-refractivity contribution >= 4 is 23.2 Å². The number of rotatable bonds is 8. The maximum Gasteiger partial charge on any atom is 0.295 e. The lowest BCUT2D eigenvalue weighted by molar-refractivity contribution is -0.862. The van der Waals surface area contributed by atoms with Crippen LogP contribution in [0.4, 0.5) is 5.69 Å². The van der Waals surface area contributed by atoms with Crippen LogP contribution in [0, 0.1) is 5.92 Å². The second-order valence-electron chi connectivity index (χ2n) is 7.41. The summed E-state index contributed by atoms with van der Waals surface area (Å²) in [6.45, 7) is 2.56. The van der Waals surface area contributed by atoms with Crippen molar-refractivity contribution < 1.29 is 14.1 Å². The Labute approximate surface area is 150 Å². The molecule has 138 valence electrons. The molecule has 0 spiro atoms. The van der Waals surface area contributed by atoms with Gasteiger partial charge in [-0.1, -0.05) is 18.2 Å². The number of hydrogen-bond acceptors (Lipinski definition) is 4. The van der Waals surface area contributed by atoms with Gasteiger partial charge in [0, 0.05) is 17.9 Å². The topological polar surface area (TPSA) is 73.8 Å². The summed E-state index contributed by atoms with van der Waals surface area (Å²) in [5.74, 6) is -0.791. The molecular formula is C18H30N5O2+. The number of nitrogens with one attached hydrogen (secondary N) is 2. The van der Waals surface area contributed by atoms with Gasteiger partial charge in [0.25, 0.3) is 5.91 Å². The second-order valence-corrected chi connectivity index (χ2v) is 7.41. The molecule has 0 aromatic heterocycles. The number of amides is 2. The van der Waals surface area contributed by atoms with Crippen LogP contribution in [0.5, 0.6) is 0 Å². The number of carbonyl (C=O) groups excluding carboxylic acids is 2. The van der Waals surface area contributed by atoms with E-state index < -0.39 is 5.92 Å². The van der Waals surface area contributed by atoms with Crippen LogP contribution >= 0.6 is 0 Å². The third-order valence-corrected chi connectivity index (χ3v) is 3.38. The van der Waals surface area contributed by atoms with Crippen molar-refractivity contribution in [1.82, 2.24) is 10.3 Å². The van der Waals surface area contributed by atoms with Crippen LogP contribution in [-0.2, 0) is 9.59 Å². The predicted octanol–water partition coefficient (Wildman–Crippen LogP) is 1.00. The third kappa shape index (κ3) is 8.42. The van der Waals surface area contributed by atoms with Gasteiger partial charge in [0.15, 0.2) is 6.54 Å². The van der Waals surface area contributed by atoms with Crippen LogP contribution in [0.3, 0.4) is 0 Å². The number of likely N-dealkylation sites (N-methyl/N-ethyl adjacent to an activating group) is 1. The molecule has 7 heteroatoms. The van der Waals surface area contributed by atoms with Gasteiger partial charge < -0.3 is 14.7 Å². The van der Waals surface area contributed by atoms with E-state index in [0.717, 1.165) is 5.69 Å². The number of para-hydroxylation sites is 1. The lowest BCUT2D eigenvalue weighted by Crippen LogP contribution is -2.43. The Morgan fingerprint density at radius 1 is 1.16 bits per heavy atom. The standard InChI is InChI=1S/C18H29N5O2/c1-14(20-21-17(24)13-23(4,5)6)16(12-22(2)3)18(25)19-15-10-8-7-9-11-15/h7-11,16H,12-13H2,1-6H3,(H-,19,21,24,25)/p+1/b20-14+/t16-/m0/s1. The fraction of sp³-hybridized carbons (Fsp3) is 0.500. The van der Waals surface area contributed by atoms with Gasteiger partial charge in [-0.2, -0.15) is 5.10 Å². The number of quaternary nitrogens is 1. The molecule has 0 bridgehead atoms. The van der Waals surface area contributed by atoms with E-state index in [2.05, 4.69) is 15.8 Å². The molecule has 0 aliphatic rings. The molecule has 0 radical (unpaired) electrons. The van der Waals surface area contributed by atoms with Crippen LogP contribution in [-0.4, -0.2) is 75.2 Å². The molecule has 0 heterocycles. The van der Waals surface area contributed by atoms with Gasteiger partial charge in [-0.25, -0.2) is 5.43 Å². The van der Waals surface area contributed by atoms with Gasteiger partial charge in [-0.15, -0.1) is 0 Å². The van der Waals surface area contributed by atoms with E-state index in [4.69, 9.17) is 0 Å². The molecule has 1 atom stereocenters. The SMILES string of the molecule is C/C(=N\NC(=O)C[N+](C)(C)C)[C@H](CN(C)C)C(=O)Nc1ccccc1. The molecule has 0 aliphatic carbocycles. The van der Waals surface area contributed by atoms with E-state index in [-0.39, 0.29) is 11.8 Å². The first-order valence-corrected chi connectivity index (χ1v) is 8.22.